The highest BCUT2D eigenvalue weighted by atomic mass is 32.2. The molecule has 4 unspecified atom stereocenters. The zero-order chi connectivity index (χ0) is 45.9. The van der Waals surface area contributed by atoms with Crippen LogP contribution in [0, 0.1) is 0 Å². The Kier molecular flexibility index (Phi) is 17.9. The number of benzene rings is 3. The van der Waals surface area contributed by atoms with Gasteiger partial charge in [0, 0.05) is 39.5 Å². The molecule has 0 radical (unpaired) electrons. The predicted molar refractivity (Wildman–Crippen MR) is 234 cm³/mol. The molecule has 346 valence electrons. The van der Waals surface area contributed by atoms with Gasteiger partial charge in [-0.2, -0.15) is 26.3 Å². The second-order valence-corrected chi connectivity index (χ2v) is 17.6. The van der Waals surface area contributed by atoms with Gasteiger partial charge in [0.25, 0.3) is 11.8 Å². The van der Waals surface area contributed by atoms with Gasteiger partial charge in [-0.25, -0.2) is 0 Å². The van der Waals surface area contributed by atoms with E-state index in [0.29, 0.717) is 17.6 Å². The lowest BCUT2D eigenvalue weighted by atomic mass is 10.1. The van der Waals surface area contributed by atoms with Gasteiger partial charge in [0.05, 0.1) is 36.5 Å². The molecule has 4 aliphatic rings. The van der Waals surface area contributed by atoms with Crippen molar-refractivity contribution in [2.45, 2.75) is 111 Å². The number of rotatable bonds is 11. The number of carbonyl (C=O) groups is 3. The van der Waals surface area contributed by atoms with E-state index in [-0.39, 0.29) is 62.2 Å². The molecule has 2 heterocycles. The Labute approximate surface area is 373 Å². The van der Waals surface area contributed by atoms with Gasteiger partial charge in [-0.3, -0.25) is 24.2 Å². The molecule has 2 saturated heterocycles. The highest BCUT2D eigenvalue weighted by Gasteiger charge is 2.39. The maximum Gasteiger partial charge on any atom is 0.416 e. The second kappa shape index (κ2) is 22.7. The first-order chi connectivity index (χ1) is 30.0. The summed E-state index contributed by atoms with van der Waals surface area (Å²) >= 11 is 2.23. The maximum atomic E-state index is 13.1. The van der Waals surface area contributed by atoms with Crippen molar-refractivity contribution in [2.75, 3.05) is 52.9 Å². The summed E-state index contributed by atoms with van der Waals surface area (Å²) in [5, 5.41) is 6.15. The van der Waals surface area contributed by atoms with E-state index in [4.69, 9.17) is 15.2 Å². The van der Waals surface area contributed by atoms with Gasteiger partial charge >= 0.3 is 12.4 Å². The molecule has 0 spiro atoms. The number of hydrogen-bond donors (Lipinski definition) is 3. The fourth-order valence-electron chi connectivity index (χ4n) is 8.92. The van der Waals surface area contributed by atoms with Crippen molar-refractivity contribution >= 4 is 41.2 Å². The lowest BCUT2D eigenvalue weighted by molar-refractivity contribution is -0.138. The number of methoxy groups -OCH3 is 2. The zero-order valence-electron chi connectivity index (χ0n) is 36.0. The Hall–Kier alpha value is -4.13. The van der Waals surface area contributed by atoms with Crippen LogP contribution in [0.5, 0.6) is 11.5 Å². The van der Waals surface area contributed by atoms with Gasteiger partial charge in [-0.15, -0.1) is 23.5 Å². The quantitative estimate of drug-likeness (QED) is 0.128. The molecule has 2 aliphatic carbocycles. The Morgan fingerprint density at radius 3 is 1.30 bits per heavy atom. The number of nitrogens with one attached hydrogen (secondary N) is 2. The van der Waals surface area contributed by atoms with Gasteiger partial charge < -0.3 is 25.8 Å². The fourth-order valence-corrected chi connectivity index (χ4v) is 10.2. The number of likely N-dealkylation sites (tertiary alicyclic amines) is 2. The Balaban J connectivity index is 0.000000199. The van der Waals surface area contributed by atoms with Gasteiger partial charge in [0.2, 0.25) is 5.91 Å². The molecule has 4 fully saturated rings. The molecular weight excluding hydrogens is 869 g/mol. The molecule has 10 nitrogen and oxygen atoms in total. The minimum atomic E-state index is -4.49. The molecule has 3 aromatic rings. The summed E-state index contributed by atoms with van der Waals surface area (Å²) in [4.78, 5) is 41.8. The first-order valence-electron chi connectivity index (χ1n) is 21.1. The summed E-state index contributed by atoms with van der Waals surface area (Å²) < 4.78 is 89.1. The molecule has 7 rings (SSSR count). The highest BCUT2D eigenvalue weighted by Crippen LogP contribution is 2.40. The van der Waals surface area contributed by atoms with Gasteiger partial charge in [-0.05, 0) is 139 Å². The first-order valence-corrected chi connectivity index (χ1v) is 23.6. The molecule has 3 aromatic carbocycles. The Bertz CT molecular complexity index is 1840. The lowest BCUT2D eigenvalue weighted by Gasteiger charge is -2.30. The van der Waals surface area contributed by atoms with E-state index in [1.54, 1.807) is 36.8 Å². The molecule has 0 aromatic heterocycles. The normalized spacial score (nSPS) is 21.5. The number of nitrogens with two attached hydrogens (primary N) is 1. The number of carbonyl (C=O) groups excluding carboxylic acids is 3. The summed E-state index contributed by atoms with van der Waals surface area (Å²) in [6.45, 7) is 4.21. The van der Waals surface area contributed by atoms with Crippen LogP contribution in [0.4, 0.5) is 26.3 Å². The molecule has 4 atom stereocenters. The first kappa shape index (κ1) is 49.9. The predicted octanol–water partition coefficient (Wildman–Crippen LogP) is 9.15. The van der Waals surface area contributed by atoms with Crippen molar-refractivity contribution in [3.8, 4) is 11.5 Å². The molecular formula is C45H57F6N5O5S2. The fraction of sp³-hybridized carbons (Fsp3) is 0.533. The standard InChI is InChI=1S/2C19H25F3N2O2S.C7H7NO/c2*1-26-15-10-12(19(20,21)22)11-16(27-2)17(15)18(25)23-13-6-5-7-14(13)24-8-3-4-9-24;8-7(9)6-4-2-1-3-5-6/h2*10-11,13-14H,3-9H2,1-2H3,(H,23,25);1-5H,(H2,8,9). The third-order valence-electron chi connectivity index (χ3n) is 12.0. The molecule has 0 bridgehead atoms. The van der Waals surface area contributed by atoms with Crippen LogP contribution in [0.1, 0.15) is 106 Å². The van der Waals surface area contributed by atoms with E-state index >= 15 is 0 Å². The topological polar surface area (TPSA) is 126 Å². The van der Waals surface area contributed by atoms with Crippen LogP contribution in [0.25, 0.3) is 0 Å². The van der Waals surface area contributed by atoms with Crippen molar-refractivity contribution in [1.29, 1.82) is 0 Å². The van der Waals surface area contributed by atoms with E-state index in [2.05, 4.69) is 20.4 Å². The van der Waals surface area contributed by atoms with E-state index in [1.807, 2.05) is 6.07 Å². The Morgan fingerprint density at radius 2 is 1.00 bits per heavy atom. The summed E-state index contributed by atoms with van der Waals surface area (Å²) in [6, 6.07) is 13.3. The van der Waals surface area contributed by atoms with Crippen molar-refractivity contribution in [2.24, 2.45) is 5.73 Å². The smallest absolute Gasteiger partial charge is 0.416 e. The third-order valence-corrected chi connectivity index (χ3v) is 13.5. The van der Waals surface area contributed by atoms with E-state index in [1.165, 1.54) is 39.9 Å². The summed E-state index contributed by atoms with van der Waals surface area (Å²) in [6.07, 6.45) is 5.05. The van der Waals surface area contributed by atoms with Crippen molar-refractivity contribution in [3.05, 3.63) is 82.4 Å². The molecule has 3 amide bonds. The van der Waals surface area contributed by atoms with Gasteiger partial charge in [0.15, 0.2) is 0 Å². The monoisotopic (exact) mass is 925 g/mol. The van der Waals surface area contributed by atoms with E-state index in [9.17, 15) is 40.7 Å². The number of amides is 3. The van der Waals surface area contributed by atoms with Crippen LogP contribution in [-0.2, 0) is 12.4 Å². The number of thioether (sulfide) groups is 2. The minimum Gasteiger partial charge on any atom is -0.496 e. The van der Waals surface area contributed by atoms with Crippen molar-refractivity contribution in [3.63, 3.8) is 0 Å². The molecule has 4 N–H and O–H groups in total. The van der Waals surface area contributed by atoms with E-state index in [0.717, 1.165) is 112 Å². The molecule has 2 saturated carbocycles. The molecule has 18 heteroatoms. The van der Waals surface area contributed by atoms with Gasteiger partial charge in [-0.1, -0.05) is 18.2 Å². The average molecular weight is 926 g/mol. The van der Waals surface area contributed by atoms with E-state index < -0.39 is 23.5 Å². The minimum absolute atomic E-state index is 0.0253. The summed E-state index contributed by atoms with van der Waals surface area (Å²) in [5.74, 6) is -1.18. The summed E-state index contributed by atoms with van der Waals surface area (Å²) in [5.41, 5.74) is 4.28. The highest BCUT2D eigenvalue weighted by molar-refractivity contribution is 7.99. The number of nitrogens with zero attached hydrogens (tertiary/aromatic N) is 2. The molecule has 63 heavy (non-hydrogen) atoms. The van der Waals surface area contributed by atoms with Gasteiger partial charge in [0.1, 0.15) is 11.5 Å². The van der Waals surface area contributed by atoms with Crippen LogP contribution in [0.15, 0.2) is 64.4 Å². The number of alkyl halides is 6. The average Bonchev–Trinajstić information content (AvgIpc) is 4.12. The summed E-state index contributed by atoms with van der Waals surface area (Å²) in [7, 11) is 2.58. The van der Waals surface area contributed by atoms with Crippen LogP contribution in [-0.4, -0.2) is 105 Å². The van der Waals surface area contributed by atoms with Crippen molar-refractivity contribution in [1.82, 2.24) is 20.4 Å². The molecule has 2 aliphatic heterocycles. The maximum absolute atomic E-state index is 13.1. The second-order valence-electron chi connectivity index (χ2n) is 15.9. The number of primary amides is 1. The number of hydrogen-bond acceptors (Lipinski definition) is 9. The Morgan fingerprint density at radius 1 is 0.619 bits per heavy atom. The number of ether oxygens (including phenoxy) is 2. The largest absolute Gasteiger partial charge is 0.496 e. The SMILES string of the molecule is COc1cc(C(F)(F)F)cc(SC)c1C(=O)NC1CCCC1N1CCCC1.COc1cc(C(F)(F)F)cc(SC)c1C(=O)NC1CCCC1N1CCCC1.NC(=O)c1ccccc1. The number of halogens is 6. The van der Waals surface area contributed by atoms with Crippen LogP contribution < -0.4 is 25.8 Å². The van der Waals surface area contributed by atoms with Crippen molar-refractivity contribution < 1.29 is 50.2 Å². The van der Waals surface area contributed by atoms with Crippen LogP contribution >= 0.6 is 23.5 Å². The lowest BCUT2D eigenvalue weighted by Crippen LogP contribution is -2.47. The van der Waals surface area contributed by atoms with Crippen LogP contribution in [0.2, 0.25) is 0 Å². The van der Waals surface area contributed by atoms with Crippen LogP contribution in [0.3, 0.4) is 0 Å². The third kappa shape index (κ3) is 13.0. The zero-order valence-corrected chi connectivity index (χ0v) is 37.6.